The van der Waals surface area contributed by atoms with E-state index in [9.17, 15) is 0 Å². The minimum atomic E-state index is 0.105. The summed E-state index contributed by atoms with van der Waals surface area (Å²) in [6.07, 6.45) is 2.04. The van der Waals surface area contributed by atoms with E-state index in [0.717, 1.165) is 29.6 Å². The lowest BCUT2D eigenvalue weighted by Gasteiger charge is -2.29. The van der Waals surface area contributed by atoms with Crippen molar-refractivity contribution in [3.05, 3.63) is 28.2 Å². The van der Waals surface area contributed by atoms with Gasteiger partial charge in [0.25, 0.3) is 0 Å². The zero-order chi connectivity index (χ0) is 13.6. The average Bonchev–Trinajstić information content (AvgIpc) is 2.37. The van der Waals surface area contributed by atoms with Gasteiger partial charge in [0.15, 0.2) is 0 Å². The highest BCUT2D eigenvalue weighted by molar-refractivity contribution is 9.10. The van der Waals surface area contributed by atoms with Crippen LogP contribution in [0.3, 0.4) is 0 Å². The Morgan fingerprint density at radius 3 is 2.67 bits per heavy atom. The molecule has 0 spiro atoms. The molecular weight excluding hydrogens is 314 g/mol. The molecule has 1 atom stereocenters. The smallest absolute Gasteiger partial charge is 0.133 e. The number of hydrogen-bond donors (Lipinski definition) is 1. The zero-order valence-corrected chi connectivity index (χ0v) is 13.6. The van der Waals surface area contributed by atoms with E-state index < -0.39 is 0 Å². The second-order valence-corrected chi connectivity index (χ2v) is 5.91. The molecule has 0 fully saturated rings. The summed E-state index contributed by atoms with van der Waals surface area (Å²) in [4.78, 5) is 0. The molecule has 1 aromatic rings. The number of hydrogen-bond acceptors (Lipinski definition) is 2. The molecule has 0 aliphatic carbocycles. The Morgan fingerprint density at radius 2 is 2.17 bits per heavy atom. The molecule has 0 heterocycles. The molecule has 0 aliphatic rings. The molecule has 1 unspecified atom stereocenters. The van der Waals surface area contributed by atoms with E-state index in [0.29, 0.717) is 5.88 Å². The van der Waals surface area contributed by atoms with Gasteiger partial charge in [0.1, 0.15) is 5.75 Å². The highest BCUT2D eigenvalue weighted by atomic mass is 79.9. The molecule has 0 aliphatic heterocycles. The second-order valence-electron chi connectivity index (χ2n) is 4.68. The van der Waals surface area contributed by atoms with E-state index in [1.54, 1.807) is 7.11 Å². The lowest BCUT2D eigenvalue weighted by Crippen LogP contribution is -2.41. The Kier molecular flexibility index (Phi) is 6.47. The molecule has 2 nitrogen and oxygen atoms in total. The Morgan fingerprint density at radius 1 is 1.44 bits per heavy atom. The third-order valence-corrected chi connectivity index (χ3v) is 4.17. The predicted molar refractivity (Wildman–Crippen MR) is 81.6 cm³/mol. The van der Waals surface area contributed by atoms with Gasteiger partial charge in [0.2, 0.25) is 0 Å². The second kappa shape index (κ2) is 7.37. The summed E-state index contributed by atoms with van der Waals surface area (Å²) in [5.74, 6) is 1.54. The normalized spacial score (nSPS) is 14.3. The summed E-state index contributed by atoms with van der Waals surface area (Å²) in [5.41, 5.74) is 1.34. The topological polar surface area (TPSA) is 21.3 Å². The maximum atomic E-state index is 5.85. The molecule has 1 aromatic carbocycles. The van der Waals surface area contributed by atoms with Crippen molar-refractivity contribution in [3.8, 4) is 5.75 Å². The van der Waals surface area contributed by atoms with Crippen molar-refractivity contribution in [2.75, 3.05) is 13.0 Å². The number of ether oxygens (including phenoxy) is 1. The Hall–Kier alpha value is -0.250. The van der Waals surface area contributed by atoms with Crippen LogP contribution in [0.1, 0.15) is 32.3 Å². The molecule has 0 saturated carbocycles. The first-order valence-corrected chi connectivity index (χ1v) is 7.51. The van der Waals surface area contributed by atoms with E-state index in [1.807, 2.05) is 6.07 Å². The summed E-state index contributed by atoms with van der Waals surface area (Å²) < 4.78 is 6.21. The summed E-state index contributed by atoms with van der Waals surface area (Å²) in [6, 6.07) is 6.14. The van der Waals surface area contributed by atoms with E-state index in [-0.39, 0.29) is 5.54 Å². The van der Waals surface area contributed by atoms with E-state index in [2.05, 4.69) is 47.2 Å². The fraction of sp³-hybridized carbons (Fsp3) is 0.571. The van der Waals surface area contributed by atoms with Crippen molar-refractivity contribution in [2.45, 2.75) is 38.8 Å². The van der Waals surface area contributed by atoms with Crippen LogP contribution in [0.5, 0.6) is 5.75 Å². The van der Waals surface area contributed by atoms with Crippen molar-refractivity contribution in [1.29, 1.82) is 0 Å². The van der Waals surface area contributed by atoms with Crippen molar-refractivity contribution in [2.24, 2.45) is 0 Å². The van der Waals surface area contributed by atoms with Crippen molar-refractivity contribution >= 4 is 27.5 Å². The molecule has 4 heteroatoms. The third kappa shape index (κ3) is 4.45. The summed E-state index contributed by atoms with van der Waals surface area (Å²) in [6.45, 7) is 5.24. The van der Waals surface area contributed by atoms with Crippen LogP contribution in [-0.2, 0) is 6.54 Å². The van der Waals surface area contributed by atoms with Crippen LogP contribution in [0.4, 0.5) is 0 Å². The molecule has 1 rings (SSSR count). The molecule has 0 bridgehead atoms. The number of alkyl halides is 1. The van der Waals surface area contributed by atoms with Crippen molar-refractivity contribution in [3.63, 3.8) is 0 Å². The molecule has 1 N–H and O–H groups in total. The molecular formula is C14H21BrClNO. The SMILES string of the molecule is CCC(C)(CCCl)NCc1ccc(OC)c(Br)c1. The monoisotopic (exact) mass is 333 g/mol. The van der Waals surface area contributed by atoms with Crippen molar-refractivity contribution < 1.29 is 4.74 Å². The summed E-state index contributed by atoms with van der Waals surface area (Å²) >= 11 is 9.35. The summed E-state index contributed by atoms with van der Waals surface area (Å²) in [7, 11) is 1.67. The first-order valence-electron chi connectivity index (χ1n) is 6.18. The largest absolute Gasteiger partial charge is 0.496 e. The number of benzene rings is 1. The van der Waals surface area contributed by atoms with E-state index >= 15 is 0 Å². The van der Waals surface area contributed by atoms with E-state index in [1.165, 1.54) is 5.56 Å². The van der Waals surface area contributed by atoms with Crippen LogP contribution in [0.2, 0.25) is 0 Å². The first kappa shape index (κ1) is 15.8. The Labute approximate surface area is 123 Å². The Balaban J connectivity index is 2.65. The third-order valence-electron chi connectivity index (χ3n) is 3.36. The first-order chi connectivity index (χ1) is 8.54. The minimum absolute atomic E-state index is 0.105. The molecule has 18 heavy (non-hydrogen) atoms. The standard InChI is InChI=1S/C14H21BrClNO/c1-4-14(2,7-8-16)17-10-11-5-6-13(18-3)12(15)9-11/h5-6,9,17H,4,7-8,10H2,1-3H3. The van der Waals surface area contributed by atoms with Crippen LogP contribution in [0.25, 0.3) is 0 Å². The van der Waals surface area contributed by atoms with Gasteiger partial charge in [-0.05, 0) is 53.4 Å². The van der Waals surface area contributed by atoms with Gasteiger partial charge in [-0.1, -0.05) is 13.0 Å². The Bertz CT molecular complexity index is 386. The van der Waals surface area contributed by atoms with Crippen LogP contribution >= 0.6 is 27.5 Å². The van der Waals surface area contributed by atoms with Gasteiger partial charge in [-0.2, -0.15) is 0 Å². The number of methoxy groups -OCH3 is 1. The molecule has 0 radical (unpaired) electrons. The van der Waals surface area contributed by atoms with Gasteiger partial charge >= 0.3 is 0 Å². The van der Waals surface area contributed by atoms with Crippen LogP contribution in [0, 0.1) is 0 Å². The molecule has 0 aromatic heterocycles. The van der Waals surface area contributed by atoms with Gasteiger partial charge in [-0.15, -0.1) is 11.6 Å². The molecule has 0 saturated heterocycles. The fourth-order valence-electron chi connectivity index (χ4n) is 1.73. The fourth-order valence-corrected chi connectivity index (χ4v) is 2.74. The van der Waals surface area contributed by atoms with E-state index in [4.69, 9.17) is 16.3 Å². The van der Waals surface area contributed by atoms with Gasteiger partial charge in [0, 0.05) is 18.0 Å². The van der Waals surface area contributed by atoms with Gasteiger partial charge < -0.3 is 10.1 Å². The lowest BCUT2D eigenvalue weighted by atomic mass is 9.95. The zero-order valence-electron chi connectivity index (χ0n) is 11.2. The maximum Gasteiger partial charge on any atom is 0.133 e. The number of rotatable bonds is 7. The highest BCUT2D eigenvalue weighted by Gasteiger charge is 2.20. The maximum absolute atomic E-state index is 5.85. The van der Waals surface area contributed by atoms with Gasteiger partial charge in [0.05, 0.1) is 11.6 Å². The van der Waals surface area contributed by atoms with Crippen LogP contribution < -0.4 is 10.1 Å². The predicted octanol–water partition coefficient (Wildman–Crippen LogP) is 4.34. The van der Waals surface area contributed by atoms with Gasteiger partial charge in [-0.3, -0.25) is 0 Å². The quantitative estimate of drug-likeness (QED) is 0.749. The average molecular weight is 335 g/mol. The van der Waals surface area contributed by atoms with Crippen LogP contribution in [0.15, 0.2) is 22.7 Å². The number of halogens is 2. The summed E-state index contributed by atoms with van der Waals surface area (Å²) in [5, 5.41) is 3.58. The molecule has 0 amide bonds. The highest BCUT2D eigenvalue weighted by Crippen LogP contribution is 2.26. The minimum Gasteiger partial charge on any atom is -0.496 e. The lowest BCUT2D eigenvalue weighted by molar-refractivity contribution is 0.331. The number of nitrogens with one attached hydrogen (secondary N) is 1. The van der Waals surface area contributed by atoms with Crippen molar-refractivity contribution in [1.82, 2.24) is 5.32 Å². The van der Waals surface area contributed by atoms with Gasteiger partial charge in [-0.25, -0.2) is 0 Å². The van der Waals surface area contributed by atoms with Crippen LogP contribution in [-0.4, -0.2) is 18.5 Å². The molecule has 102 valence electrons.